The zero-order valence-electron chi connectivity index (χ0n) is 41.0. The average molecular weight is 1210 g/mol. The molecule has 8 aromatic carbocycles. The van der Waals surface area contributed by atoms with E-state index in [0.717, 1.165) is 0 Å². The van der Waals surface area contributed by atoms with Gasteiger partial charge in [-0.1, -0.05) is 40.0 Å². The Labute approximate surface area is 440 Å². The lowest BCUT2D eigenvalue weighted by Crippen LogP contribution is -3.12. The zero-order valence-corrected chi connectivity index (χ0v) is 41.0. The van der Waals surface area contributed by atoms with Gasteiger partial charge < -0.3 is 4.90 Å². The number of hydrogen-bond acceptors (Lipinski definition) is 0. The van der Waals surface area contributed by atoms with Crippen LogP contribution in [0.25, 0.3) is 43.1 Å². The molecule has 1 N–H and O–H groups in total. The monoisotopic (exact) mass is 1210 g/mol. The lowest BCUT2D eigenvalue weighted by atomic mass is 9.11. The molecule has 0 amide bonds. The van der Waals surface area contributed by atoms with Crippen LogP contribution in [0, 0.1) is 163 Å². The van der Waals surface area contributed by atoms with E-state index in [4.69, 9.17) is 0 Å². The molecular weight excluding hydrogens is 1180 g/mol. The van der Waals surface area contributed by atoms with Crippen LogP contribution in [0.5, 0.6) is 0 Å². The Morgan fingerprint density at radius 1 is 0.195 bits per heavy atom. The van der Waals surface area contributed by atoms with E-state index in [-0.39, 0.29) is 0 Å². The summed E-state index contributed by atoms with van der Waals surface area (Å²) in [5.41, 5.74) is -15.5. The molecule has 0 spiro atoms. The quantitative estimate of drug-likeness (QED) is 0.0508. The molecule has 82 heavy (non-hydrogen) atoms. The van der Waals surface area contributed by atoms with Gasteiger partial charge in [0.1, 0.15) is 29.4 Å². The maximum atomic E-state index is 17.3. The van der Waals surface area contributed by atoms with Crippen molar-refractivity contribution in [2.24, 2.45) is 0 Å². The van der Waals surface area contributed by atoms with Crippen molar-refractivity contribution >= 4 is 71.1 Å². The van der Waals surface area contributed by atoms with Crippen molar-refractivity contribution in [1.29, 1.82) is 0 Å². The third-order valence-electron chi connectivity index (χ3n) is 13.9. The van der Waals surface area contributed by atoms with Crippen molar-refractivity contribution < 1.29 is 128 Å². The largest absolute Gasteiger partial charge is 0.335 e. The average Bonchev–Trinajstić information content (AvgIpc) is 1.71. The van der Waals surface area contributed by atoms with Crippen molar-refractivity contribution in [3.8, 4) is 0 Å². The minimum Gasteiger partial charge on any atom is -0.335 e. The summed E-state index contributed by atoms with van der Waals surface area (Å²) in [6.07, 6.45) is 0.215. The fourth-order valence-corrected chi connectivity index (χ4v) is 10.2. The molecule has 0 aliphatic rings. The molecule has 30 heteroatoms. The van der Waals surface area contributed by atoms with Crippen LogP contribution < -0.4 is 26.8 Å². The predicted molar refractivity (Wildman–Crippen MR) is 239 cm³/mol. The van der Waals surface area contributed by atoms with E-state index >= 15 is 105 Å². The van der Waals surface area contributed by atoms with Gasteiger partial charge in [0.2, 0.25) is 0 Å². The Hall–Kier alpha value is -7.14. The molecule has 0 radical (unpaired) electrons. The topological polar surface area (TPSA) is 4.44 Å². The highest BCUT2D eigenvalue weighted by Crippen LogP contribution is 2.42. The molecule has 0 unspecified atom stereocenters. The normalized spacial score (nSPS) is 12.1. The van der Waals surface area contributed by atoms with Gasteiger partial charge >= 0.3 is 0 Å². The number of quaternary nitrogens is 1. The number of unbranched alkanes of at least 4 members (excludes halogenated alkanes) is 3. The third kappa shape index (κ3) is 8.97. The second-order valence-corrected chi connectivity index (χ2v) is 18.4. The van der Waals surface area contributed by atoms with Gasteiger partial charge in [-0.15, -0.1) is 21.9 Å². The summed E-state index contributed by atoms with van der Waals surface area (Å²) in [7, 11) is 0. The van der Waals surface area contributed by atoms with E-state index in [1.165, 1.54) is 58.2 Å². The van der Waals surface area contributed by atoms with Crippen LogP contribution >= 0.6 is 0 Å². The van der Waals surface area contributed by atoms with Gasteiger partial charge in [-0.05, 0) is 40.8 Å². The first-order valence-corrected chi connectivity index (χ1v) is 23.6. The summed E-state index contributed by atoms with van der Waals surface area (Å²) in [4.78, 5) is 1.84. The number of rotatable bonds is 13. The van der Waals surface area contributed by atoms with Crippen molar-refractivity contribution in [3.63, 3.8) is 0 Å². The fourth-order valence-electron chi connectivity index (χ4n) is 10.2. The van der Waals surface area contributed by atoms with Crippen LogP contribution in [-0.4, -0.2) is 25.8 Å². The van der Waals surface area contributed by atoms with E-state index in [1.54, 1.807) is 0 Å². The Morgan fingerprint density at radius 3 is 0.476 bits per heavy atom. The van der Waals surface area contributed by atoms with E-state index in [9.17, 15) is 17.6 Å². The summed E-state index contributed by atoms with van der Waals surface area (Å²) in [6, 6.07) is 0. The van der Waals surface area contributed by atoms with Crippen LogP contribution in [0.4, 0.5) is 123 Å². The molecule has 0 saturated carbocycles. The van der Waals surface area contributed by atoms with E-state index in [2.05, 4.69) is 20.8 Å². The minimum atomic E-state index is -8.05. The van der Waals surface area contributed by atoms with Crippen LogP contribution in [-0.2, 0) is 0 Å². The van der Waals surface area contributed by atoms with Gasteiger partial charge in [0.15, 0.2) is 140 Å². The first kappa shape index (κ1) is 62.5. The Morgan fingerprint density at radius 2 is 0.329 bits per heavy atom. The first-order chi connectivity index (χ1) is 38.3. The van der Waals surface area contributed by atoms with Gasteiger partial charge in [0.05, 0.1) is 41.2 Å². The van der Waals surface area contributed by atoms with Gasteiger partial charge in [-0.3, -0.25) is 0 Å². The number of benzene rings is 8. The third-order valence-corrected chi connectivity index (χ3v) is 13.9. The Balaban J connectivity index is 0.000000662. The van der Waals surface area contributed by atoms with Crippen LogP contribution in [0.1, 0.15) is 59.3 Å². The van der Waals surface area contributed by atoms with Crippen molar-refractivity contribution in [2.75, 3.05) is 19.6 Å². The van der Waals surface area contributed by atoms with Crippen molar-refractivity contribution in [1.82, 2.24) is 0 Å². The fraction of sp³-hybridized carbons (Fsp3) is 0.231. The lowest BCUT2D eigenvalue weighted by molar-refractivity contribution is -0.900. The van der Waals surface area contributed by atoms with E-state index in [0.29, 0.717) is 0 Å². The maximum absolute atomic E-state index is 17.3. The first-order valence-electron chi connectivity index (χ1n) is 23.6. The Bertz CT molecular complexity index is 3470. The SMILES string of the molecule is CCCC[NH+](CCCC)CCCC.Fc1c(F)c(F)c2c([B-](c3c(F)c(F)c(F)c4c(F)c(F)c(F)c(F)c34)(c3c(F)c(F)c(F)c4c(F)c(F)c(F)c(F)c34)c3c(F)c(F)c(F)c4c(F)c(F)c(F)c(F)c34)c(F)c(F)c(F)c2c1F. The molecule has 1 nitrogen and oxygen atoms in total. The second kappa shape index (κ2) is 22.9. The molecule has 0 aliphatic heterocycles. The summed E-state index contributed by atoms with van der Waals surface area (Å²) >= 11 is 0. The molecule has 0 saturated heterocycles. The van der Waals surface area contributed by atoms with Crippen LogP contribution in [0.15, 0.2) is 0 Å². The van der Waals surface area contributed by atoms with Gasteiger partial charge in [-0.2, -0.15) is 0 Å². The van der Waals surface area contributed by atoms with Gasteiger partial charge in [0, 0.05) is 0 Å². The highest BCUT2D eigenvalue weighted by molar-refractivity contribution is 7.23. The highest BCUT2D eigenvalue weighted by Gasteiger charge is 2.52. The van der Waals surface area contributed by atoms with E-state index < -0.39 is 234 Å². The molecule has 0 bridgehead atoms. The molecule has 0 heterocycles. The Kier molecular flexibility index (Phi) is 17.4. The zero-order chi connectivity index (χ0) is 61.5. The minimum absolute atomic E-state index is 1.35. The standard InChI is InChI=1S/C40BF28.C12H27N/c42-13-1-5(21(50)37(66)33(13)62)17(46)29(58)25(54)9(1)41(10-2-6(18(47)30(59)26(10)55)22(51)38(67)34(63)14(2)43,11-3-7(19(48)31(60)27(11)56)23(52)39(68)35(64)15(3)44)12-4-8(20(49)32(61)28(12)57)24(53)40(69)36(65)16(4)45;1-4-7-10-13(11-8-5-2)12-9-6-3/h;4-12H2,1-3H3/q-1;/p+1. The molecule has 0 fully saturated rings. The molecule has 440 valence electrons. The number of fused-ring (bicyclic) bond motifs is 4. The summed E-state index contributed by atoms with van der Waals surface area (Å²) < 4.78 is 446. The summed E-state index contributed by atoms with van der Waals surface area (Å²) in [5.74, 6) is -104. The maximum Gasteiger partial charge on any atom is 0.198 e. The predicted octanol–water partition coefficient (Wildman–Crippen LogP) is 13.8. The van der Waals surface area contributed by atoms with Crippen molar-refractivity contribution in [2.45, 2.75) is 59.3 Å². The van der Waals surface area contributed by atoms with Crippen LogP contribution in [0.3, 0.4) is 0 Å². The molecule has 0 aliphatic carbocycles. The molecule has 8 rings (SSSR count). The van der Waals surface area contributed by atoms with Crippen molar-refractivity contribution in [3.05, 3.63) is 163 Å². The second-order valence-electron chi connectivity index (χ2n) is 18.4. The smallest absolute Gasteiger partial charge is 0.198 e. The highest BCUT2D eigenvalue weighted by atomic mass is 19.2. The summed E-state index contributed by atoms with van der Waals surface area (Å²) in [6.45, 7) is 11.1. The molecule has 0 aromatic heterocycles. The molecular formula is C52H28BF28N. The molecule has 8 aromatic rings. The lowest BCUT2D eigenvalue weighted by Gasteiger charge is -2.47. The van der Waals surface area contributed by atoms with Gasteiger partial charge in [-0.25, -0.2) is 123 Å². The number of halogens is 28. The van der Waals surface area contributed by atoms with Gasteiger partial charge in [0.25, 0.3) is 0 Å². The number of nitrogens with one attached hydrogen (secondary N) is 1. The van der Waals surface area contributed by atoms with E-state index in [1.807, 2.05) is 4.90 Å². The van der Waals surface area contributed by atoms with Crippen LogP contribution in [0.2, 0.25) is 0 Å². The molecule has 0 atom stereocenters. The summed E-state index contributed by atoms with van der Waals surface area (Å²) in [5, 5.41) is -27.0. The number of hydrogen-bond donors (Lipinski definition) is 1.